The Hall–Kier alpha value is -2.33. The van der Waals surface area contributed by atoms with Gasteiger partial charge in [0.25, 0.3) is 0 Å². The van der Waals surface area contributed by atoms with Gasteiger partial charge >= 0.3 is 5.97 Å². The van der Waals surface area contributed by atoms with Crippen molar-refractivity contribution in [2.75, 3.05) is 7.11 Å². The first-order chi connectivity index (χ1) is 12.3. The molecule has 0 aliphatic carbocycles. The van der Waals surface area contributed by atoms with E-state index in [1.54, 1.807) is 6.07 Å². The fraction of sp³-hybridized carbons (Fsp3) is 0.471. The quantitative estimate of drug-likeness (QED) is 0.439. The number of rotatable bonds is 7. The second kappa shape index (κ2) is 8.37. The molecule has 1 aliphatic rings. The van der Waals surface area contributed by atoms with Crippen molar-refractivity contribution in [3.8, 4) is 5.75 Å². The molecule has 1 aromatic rings. The SMILES string of the molecule is COCc1ccc(O[C@@H]2O[C@H](C(=O)O)[C@H](C=O)[C@H](O)[C@H]2O)c(C(C)=O)c1. The van der Waals surface area contributed by atoms with Crippen LogP contribution in [-0.2, 0) is 25.7 Å². The number of hydrogen-bond acceptors (Lipinski definition) is 8. The highest BCUT2D eigenvalue weighted by atomic mass is 16.7. The van der Waals surface area contributed by atoms with E-state index in [9.17, 15) is 24.6 Å². The van der Waals surface area contributed by atoms with Crippen molar-refractivity contribution in [1.29, 1.82) is 0 Å². The standard InChI is InChI=1S/C17H20O9/c1-8(19)10-5-9(7-24-2)3-4-12(10)25-17-14(21)13(20)11(6-18)15(26-17)16(22)23/h3-6,11,13-15,17,20-21H,7H2,1-2H3,(H,22,23)/t11-,13+,14-,15+,17-/m1/s1. The minimum Gasteiger partial charge on any atom is -0.479 e. The van der Waals surface area contributed by atoms with Crippen LogP contribution in [-0.4, -0.2) is 65.1 Å². The van der Waals surface area contributed by atoms with E-state index < -0.39 is 36.5 Å². The Labute approximate surface area is 149 Å². The van der Waals surface area contributed by atoms with E-state index in [0.717, 1.165) is 0 Å². The van der Waals surface area contributed by atoms with Gasteiger partial charge in [0.1, 0.15) is 18.1 Å². The number of carboxylic acids is 1. The maximum atomic E-state index is 11.9. The minimum atomic E-state index is -1.69. The summed E-state index contributed by atoms with van der Waals surface area (Å²) in [6.07, 6.45) is -6.43. The Bertz CT molecular complexity index is 687. The van der Waals surface area contributed by atoms with Gasteiger partial charge in [0.2, 0.25) is 6.29 Å². The van der Waals surface area contributed by atoms with Crippen molar-refractivity contribution >= 4 is 18.0 Å². The smallest absolute Gasteiger partial charge is 0.333 e. The van der Waals surface area contributed by atoms with Crippen LogP contribution in [0.3, 0.4) is 0 Å². The lowest BCUT2D eigenvalue weighted by atomic mass is 9.90. The van der Waals surface area contributed by atoms with Crippen LogP contribution in [0, 0.1) is 5.92 Å². The molecule has 1 fully saturated rings. The van der Waals surface area contributed by atoms with E-state index in [2.05, 4.69) is 0 Å². The van der Waals surface area contributed by atoms with Gasteiger partial charge in [0.05, 0.1) is 24.2 Å². The molecule has 26 heavy (non-hydrogen) atoms. The van der Waals surface area contributed by atoms with Crippen molar-refractivity contribution in [3.63, 3.8) is 0 Å². The molecule has 9 nitrogen and oxygen atoms in total. The molecule has 1 aliphatic heterocycles. The first-order valence-electron chi connectivity index (χ1n) is 7.79. The van der Waals surface area contributed by atoms with Gasteiger partial charge in [-0.3, -0.25) is 4.79 Å². The van der Waals surface area contributed by atoms with E-state index >= 15 is 0 Å². The van der Waals surface area contributed by atoms with Gasteiger partial charge in [-0.15, -0.1) is 0 Å². The van der Waals surface area contributed by atoms with Crippen molar-refractivity contribution < 1.29 is 43.9 Å². The van der Waals surface area contributed by atoms with Gasteiger partial charge in [-0.25, -0.2) is 4.79 Å². The summed E-state index contributed by atoms with van der Waals surface area (Å²) in [5.74, 6) is -3.21. The first-order valence-corrected chi connectivity index (χ1v) is 7.79. The summed E-state index contributed by atoms with van der Waals surface area (Å²) in [5.41, 5.74) is 0.883. The van der Waals surface area contributed by atoms with Crippen LogP contribution in [0.2, 0.25) is 0 Å². The molecular formula is C17H20O9. The number of aliphatic hydroxyl groups excluding tert-OH is 2. The van der Waals surface area contributed by atoms with Crippen LogP contribution >= 0.6 is 0 Å². The van der Waals surface area contributed by atoms with Crippen LogP contribution in [0.15, 0.2) is 18.2 Å². The van der Waals surface area contributed by atoms with Gasteiger partial charge in [-0.2, -0.15) is 0 Å². The van der Waals surface area contributed by atoms with E-state index in [4.69, 9.17) is 19.3 Å². The molecule has 142 valence electrons. The molecule has 1 heterocycles. The summed E-state index contributed by atoms with van der Waals surface area (Å²) in [4.78, 5) is 34.2. The van der Waals surface area contributed by atoms with Gasteiger partial charge in [0, 0.05) is 7.11 Å². The molecule has 1 aromatic carbocycles. The topological polar surface area (TPSA) is 140 Å². The molecular weight excluding hydrogens is 348 g/mol. The molecule has 0 aromatic heterocycles. The highest BCUT2D eigenvalue weighted by molar-refractivity contribution is 5.97. The highest BCUT2D eigenvalue weighted by Gasteiger charge is 2.48. The number of aliphatic carboxylic acids is 1. The Morgan fingerprint density at radius 3 is 2.50 bits per heavy atom. The number of ketones is 1. The second-order valence-electron chi connectivity index (χ2n) is 5.90. The highest BCUT2D eigenvalue weighted by Crippen LogP contribution is 2.29. The molecule has 9 heteroatoms. The fourth-order valence-electron chi connectivity index (χ4n) is 2.69. The van der Waals surface area contributed by atoms with Gasteiger partial charge in [-0.1, -0.05) is 6.07 Å². The molecule has 3 N–H and O–H groups in total. The predicted octanol–water partition coefficient (Wildman–Crippen LogP) is -0.239. The average molecular weight is 368 g/mol. The Kier molecular flexibility index (Phi) is 6.43. The molecule has 0 spiro atoms. The number of aldehydes is 1. The number of Topliss-reactive ketones (excluding diaryl/α,β-unsaturated/α-hetero) is 1. The number of hydrogen-bond donors (Lipinski definition) is 3. The summed E-state index contributed by atoms with van der Waals surface area (Å²) in [6, 6.07) is 4.62. The van der Waals surface area contributed by atoms with E-state index in [1.807, 2.05) is 0 Å². The van der Waals surface area contributed by atoms with Crippen LogP contribution in [0.1, 0.15) is 22.8 Å². The van der Waals surface area contributed by atoms with Crippen LogP contribution in [0.5, 0.6) is 5.75 Å². The van der Waals surface area contributed by atoms with Crippen molar-refractivity contribution in [3.05, 3.63) is 29.3 Å². The zero-order chi connectivity index (χ0) is 19.4. The number of ether oxygens (including phenoxy) is 3. The number of carbonyl (C=O) groups excluding carboxylic acids is 2. The third-order valence-corrected chi connectivity index (χ3v) is 4.03. The van der Waals surface area contributed by atoms with E-state index in [-0.39, 0.29) is 30.0 Å². The number of carbonyl (C=O) groups is 3. The average Bonchev–Trinajstić information content (AvgIpc) is 2.59. The van der Waals surface area contributed by atoms with Crippen molar-refractivity contribution in [2.45, 2.75) is 38.1 Å². The Balaban J connectivity index is 2.30. The van der Waals surface area contributed by atoms with Crippen molar-refractivity contribution in [1.82, 2.24) is 0 Å². The molecule has 2 rings (SSSR count). The fourth-order valence-corrected chi connectivity index (χ4v) is 2.69. The second-order valence-corrected chi connectivity index (χ2v) is 5.90. The molecule has 0 unspecified atom stereocenters. The Morgan fingerprint density at radius 2 is 1.96 bits per heavy atom. The third kappa shape index (κ3) is 4.07. The van der Waals surface area contributed by atoms with Gasteiger partial charge < -0.3 is 34.3 Å². The number of benzene rings is 1. The van der Waals surface area contributed by atoms with Crippen molar-refractivity contribution in [2.24, 2.45) is 5.92 Å². The summed E-state index contributed by atoms with van der Waals surface area (Å²) < 4.78 is 15.6. The van der Waals surface area contributed by atoms with Gasteiger partial charge in [0.15, 0.2) is 11.9 Å². The number of methoxy groups -OCH3 is 1. The zero-order valence-electron chi connectivity index (χ0n) is 14.2. The summed E-state index contributed by atoms with van der Waals surface area (Å²) in [6.45, 7) is 1.58. The summed E-state index contributed by atoms with van der Waals surface area (Å²) >= 11 is 0. The summed E-state index contributed by atoms with van der Waals surface area (Å²) in [7, 11) is 1.50. The predicted molar refractivity (Wildman–Crippen MR) is 85.7 cm³/mol. The van der Waals surface area contributed by atoms with E-state index in [0.29, 0.717) is 5.56 Å². The van der Waals surface area contributed by atoms with Crippen LogP contribution in [0.25, 0.3) is 0 Å². The Morgan fingerprint density at radius 1 is 1.27 bits per heavy atom. The lowest BCUT2D eigenvalue weighted by Gasteiger charge is -2.38. The maximum Gasteiger partial charge on any atom is 0.333 e. The lowest BCUT2D eigenvalue weighted by Crippen LogP contribution is -2.58. The normalized spacial score (nSPS) is 28.4. The number of carboxylic acid groups (broad SMARTS) is 1. The monoisotopic (exact) mass is 368 g/mol. The largest absolute Gasteiger partial charge is 0.479 e. The molecule has 0 saturated carbocycles. The molecule has 1 saturated heterocycles. The van der Waals surface area contributed by atoms with Crippen LogP contribution in [0.4, 0.5) is 0 Å². The number of aliphatic hydroxyl groups is 2. The van der Waals surface area contributed by atoms with Gasteiger partial charge in [-0.05, 0) is 24.6 Å². The van der Waals surface area contributed by atoms with Crippen LogP contribution < -0.4 is 4.74 Å². The minimum absolute atomic E-state index is 0.0438. The molecule has 0 radical (unpaired) electrons. The molecule has 0 bridgehead atoms. The first kappa shape index (κ1) is 20.0. The zero-order valence-corrected chi connectivity index (χ0v) is 14.2. The molecule has 0 amide bonds. The van der Waals surface area contributed by atoms with E-state index in [1.165, 1.54) is 26.2 Å². The molecule has 5 atom stereocenters. The lowest BCUT2D eigenvalue weighted by molar-refractivity contribution is -0.253. The third-order valence-electron chi connectivity index (χ3n) is 4.03. The summed E-state index contributed by atoms with van der Waals surface area (Å²) in [5, 5.41) is 29.3. The maximum absolute atomic E-state index is 11.9.